The predicted octanol–water partition coefficient (Wildman–Crippen LogP) is 2.31. The van der Waals surface area contributed by atoms with Gasteiger partial charge in [-0.1, -0.05) is 6.07 Å². The Hall–Kier alpha value is -2.29. The number of pyridine rings is 1. The summed E-state index contributed by atoms with van der Waals surface area (Å²) < 4.78 is 8.02. The lowest BCUT2D eigenvalue weighted by molar-refractivity contribution is -0.0330. The summed E-state index contributed by atoms with van der Waals surface area (Å²) in [4.78, 5) is 22.8. The van der Waals surface area contributed by atoms with Crippen LogP contribution in [0.4, 0.5) is 0 Å². The van der Waals surface area contributed by atoms with Crippen molar-refractivity contribution in [1.29, 1.82) is 0 Å². The summed E-state index contributed by atoms with van der Waals surface area (Å²) in [6.07, 6.45) is 3.44. The van der Waals surface area contributed by atoms with E-state index < -0.39 is 0 Å². The third-order valence-corrected chi connectivity index (χ3v) is 6.00. The van der Waals surface area contributed by atoms with E-state index in [0.717, 1.165) is 46.0 Å². The van der Waals surface area contributed by atoms with Gasteiger partial charge in [0.1, 0.15) is 9.71 Å². The molecule has 1 aliphatic rings. The van der Waals surface area contributed by atoms with E-state index in [9.17, 15) is 4.79 Å². The molecule has 0 aromatic carbocycles. The molecule has 1 aliphatic heterocycles. The number of nitrogens with zero attached hydrogens (tertiary/aromatic N) is 5. The van der Waals surface area contributed by atoms with Crippen LogP contribution >= 0.6 is 11.3 Å². The molecule has 142 valence electrons. The molecule has 0 unspecified atom stereocenters. The molecule has 1 atom stereocenters. The Kier molecular flexibility index (Phi) is 4.94. The van der Waals surface area contributed by atoms with Crippen molar-refractivity contribution in [2.45, 2.75) is 12.6 Å². The van der Waals surface area contributed by atoms with Gasteiger partial charge in [0.2, 0.25) is 0 Å². The van der Waals surface area contributed by atoms with Crippen molar-refractivity contribution in [1.82, 2.24) is 24.6 Å². The van der Waals surface area contributed by atoms with Gasteiger partial charge in [-0.25, -0.2) is 4.98 Å². The summed E-state index contributed by atoms with van der Waals surface area (Å²) in [6, 6.07) is 5.98. The maximum Gasteiger partial charge on any atom is 0.263 e. The van der Waals surface area contributed by atoms with Crippen LogP contribution in [-0.4, -0.2) is 64.3 Å². The molecule has 0 saturated carbocycles. The van der Waals surface area contributed by atoms with Crippen molar-refractivity contribution >= 4 is 27.5 Å². The van der Waals surface area contributed by atoms with Crippen LogP contribution < -0.4 is 0 Å². The third kappa shape index (κ3) is 3.47. The lowest BCUT2D eigenvalue weighted by Gasteiger charge is -2.33. The molecule has 0 spiro atoms. The Morgan fingerprint density at radius 1 is 1.37 bits per heavy atom. The van der Waals surface area contributed by atoms with Gasteiger partial charge in [0.25, 0.3) is 5.91 Å². The zero-order chi connectivity index (χ0) is 19.0. The Morgan fingerprint density at radius 3 is 2.96 bits per heavy atom. The molecule has 0 bridgehead atoms. The molecule has 0 aliphatic carbocycles. The van der Waals surface area contributed by atoms with Crippen molar-refractivity contribution in [2.24, 2.45) is 7.05 Å². The van der Waals surface area contributed by atoms with E-state index in [-0.39, 0.29) is 12.0 Å². The molecule has 1 saturated heterocycles. The van der Waals surface area contributed by atoms with Gasteiger partial charge >= 0.3 is 0 Å². The highest BCUT2D eigenvalue weighted by atomic mass is 32.1. The van der Waals surface area contributed by atoms with Gasteiger partial charge in [0.05, 0.1) is 18.4 Å². The van der Waals surface area contributed by atoms with Crippen LogP contribution in [0.15, 0.2) is 30.6 Å². The average Bonchev–Trinajstić information content (AvgIpc) is 3.24. The number of hydrogen-bond acceptors (Lipinski definition) is 6. The second-order valence-corrected chi connectivity index (χ2v) is 7.94. The fourth-order valence-electron chi connectivity index (χ4n) is 3.44. The summed E-state index contributed by atoms with van der Waals surface area (Å²) in [6.45, 7) is 3.04. The fraction of sp³-hybridized carbons (Fsp3) is 0.421. The largest absolute Gasteiger partial charge is 0.371 e. The van der Waals surface area contributed by atoms with Gasteiger partial charge in [0.15, 0.2) is 0 Å². The zero-order valence-corrected chi connectivity index (χ0v) is 16.6. The number of aromatic nitrogens is 3. The number of amides is 1. The molecule has 8 heteroatoms. The number of ether oxygens (including phenoxy) is 1. The predicted molar refractivity (Wildman–Crippen MR) is 105 cm³/mol. The van der Waals surface area contributed by atoms with Crippen LogP contribution in [0.25, 0.3) is 10.2 Å². The first-order valence-corrected chi connectivity index (χ1v) is 9.76. The van der Waals surface area contributed by atoms with Crippen LogP contribution in [0.2, 0.25) is 0 Å². The molecule has 3 aromatic heterocycles. The summed E-state index contributed by atoms with van der Waals surface area (Å²) in [7, 11) is 5.51. The van der Waals surface area contributed by atoms with Crippen molar-refractivity contribution in [3.63, 3.8) is 0 Å². The molecule has 0 radical (unpaired) electrons. The van der Waals surface area contributed by atoms with Gasteiger partial charge in [-0.05, 0) is 12.1 Å². The minimum Gasteiger partial charge on any atom is -0.371 e. The number of aryl methyl sites for hydroxylation is 1. The summed E-state index contributed by atoms with van der Waals surface area (Å²) in [5.74, 6) is 0.000332. The van der Waals surface area contributed by atoms with Crippen LogP contribution in [0.5, 0.6) is 0 Å². The van der Waals surface area contributed by atoms with Gasteiger partial charge in [-0.2, -0.15) is 5.10 Å². The standard InChI is InChI=1S/C19H23N5O2S/c1-22(2)19(25)17-16(14-5-4-7-20-18(14)27-17)15-12-24(9-10-26-15)11-13-6-8-21-23(13)3/h4-8,15H,9-12H2,1-3H3/t15-/m0/s1. The quantitative estimate of drug-likeness (QED) is 0.690. The van der Waals surface area contributed by atoms with Crippen molar-refractivity contribution in [3.05, 3.63) is 46.7 Å². The summed E-state index contributed by atoms with van der Waals surface area (Å²) in [5, 5.41) is 5.26. The first-order valence-electron chi connectivity index (χ1n) is 8.94. The van der Waals surface area contributed by atoms with Crippen molar-refractivity contribution in [3.8, 4) is 0 Å². The van der Waals surface area contributed by atoms with Crippen molar-refractivity contribution < 1.29 is 9.53 Å². The lowest BCUT2D eigenvalue weighted by Crippen LogP contribution is -2.38. The van der Waals surface area contributed by atoms with Crippen LogP contribution in [-0.2, 0) is 18.3 Å². The minimum atomic E-state index is -0.149. The summed E-state index contributed by atoms with van der Waals surface area (Å²) in [5.41, 5.74) is 2.13. The van der Waals surface area contributed by atoms with Gasteiger partial charge in [-0.3, -0.25) is 14.4 Å². The van der Waals surface area contributed by atoms with Gasteiger partial charge < -0.3 is 9.64 Å². The van der Waals surface area contributed by atoms with E-state index in [2.05, 4.69) is 15.0 Å². The first-order chi connectivity index (χ1) is 13.0. The second kappa shape index (κ2) is 7.38. The maximum atomic E-state index is 12.8. The number of fused-ring (bicyclic) bond motifs is 1. The van der Waals surface area contributed by atoms with E-state index in [4.69, 9.17) is 4.74 Å². The molecular formula is C19H23N5O2S. The molecule has 0 N–H and O–H groups in total. The molecule has 4 heterocycles. The average molecular weight is 385 g/mol. The molecule has 3 aromatic rings. The van der Waals surface area contributed by atoms with E-state index in [0.29, 0.717) is 6.61 Å². The van der Waals surface area contributed by atoms with E-state index in [1.54, 1.807) is 25.2 Å². The Morgan fingerprint density at radius 2 is 2.22 bits per heavy atom. The molecule has 4 rings (SSSR count). The fourth-order valence-corrected chi connectivity index (χ4v) is 4.66. The van der Waals surface area contributed by atoms with Crippen LogP contribution in [0.3, 0.4) is 0 Å². The topological polar surface area (TPSA) is 63.5 Å². The lowest BCUT2D eigenvalue weighted by atomic mass is 10.0. The summed E-state index contributed by atoms with van der Waals surface area (Å²) >= 11 is 1.45. The van der Waals surface area contributed by atoms with Crippen LogP contribution in [0.1, 0.15) is 27.0 Å². The van der Waals surface area contributed by atoms with Gasteiger partial charge in [0, 0.05) is 64.1 Å². The number of hydrogen-bond donors (Lipinski definition) is 0. The Balaban J connectivity index is 1.67. The number of thiophene rings is 1. The third-order valence-electron chi connectivity index (χ3n) is 4.89. The van der Waals surface area contributed by atoms with E-state index >= 15 is 0 Å². The molecule has 7 nitrogen and oxygen atoms in total. The number of morpholine rings is 1. The second-order valence-electron chi connectivity index (χ2n) is 6.94. The first kappa shape index (κ1) is 18.1. The smallest absolute Gasteiger partial charge is 0.263 e. The molecular weight excluding hydrogens is 362 g/mol. The molecule has 27 heavy (non-hydrogen) atoms. The number of carbonyl (C=O) groups excluding carboxylic acids is 1. The van der Waals surface area contributed by atoms with Gasteiger partial charge in [-0.15, -0.1) is 11.3 Å². The highest BCUT2D eigenvalue weighted by molar-refractivity contribution is 7.20. The number of rotatable bonds is 4. The number of carbonyl (C=O) groups is 1. The Bertz CT molecular complexity index is 964. The molecule has 1 fully saturated rings. The maximum absolute atomic E-state index is 12.8. The van der Waals surface area contributed by atoms with E-state index in [1.165, 1.54) is 11.3 Å². The van der Waals surface area contributed by atoms with E-state index in [1.807, 2.05) is 36.1 Å². The SMILES string of the molecule is CN(C)C(=O)c1sc2ncccc2c1[C@@H]1CN(Cc2ccnn2C)CCO1. The Labute approximate surface area is 162 Å². The highest BCUT2D eigenvalue weighted by Gasteiger charge is 2.30. The van der Waals surface area contributed by atoms with Crippen molar-refractivity contribution in [2.75, 3.05) is 33.8 Å². The zero-order valence-electron chi connectivity index (χ0n) is 15.8. The van der Waals surface area contributed by atoms with Crippen LogP contribution in [0, 0.1) is 0 Å². The normalized spacial score (nSPS) is 18.1. The highest BCUT2D eigenvalue weighted by Crippen LogP contribution is 2.37. The monoisotopic (exact) mass is 385 g/mol. The molecule has 1 amide bonds. The minimum absolute atomic E-state index is 0.000332.